The summed E-state index contributed by atoms with van der Waals surface area (Å²) in [6.45, 7) is 4.30. The van der Waals surface area contributed by atoms with E-state index in [2.05, 4.69) is 43.1 Å². The van der Waals surface area contributed by atoms with Crippen molar-refractivity contribution in [2.75, 3.05) is 7.05 Å². The molecule has 1 fully saturated rings. The van der Waals surface area contributed by atoms with Crippen LogP contribution in [0.3, 0.4) is 0 Å². The van der Waals surface area contributed by atoms with Crippen LogP contribution in [0.25, 0.3) is 0 Å². The van der Waals surface area contributed by atoms with Crippen molar-refractivity contribution in [2.24, 2.45) is 22.6 Å². The normalized spacial score (nSPS) is 36.8. The molecule has 1 aliphatic heterocycles. The van der Waals surface area contributed by atoms with Crippen molar-refractivity contribution in [3.63, 3.8) is 0 Å². The molecule has 4 atom stereocenters. The van der Waals surface area contributed by atoms with Crippen molar-refractivity contribution < 1.29 is 4.79 Å². The number of carbonyl (C=O) groups excluding carboxylic acids is 1. The lowest BCUT2D eigenvalue weighted by Crippen LogP contribution is -2.49. The van der Waals surface area contributed by atoms with Crippen molar-refractivity contribution in [1.29, 1.82) is 0 Å². The summed E-state index contributed by atoms with van der Waals surface area (Å²) in [5.74, 6) is 1.81. The summed E-state index contributed by atoms with van der Waals surface area (Å²) in [6, 6.07) is 10.5. The van der Waals surface area contributed by atoms with Crippen LogP contribution in [0.2, 0.25) is 0 Å². The number of benzene rings is 1. The maximum absolute atomic E-state index is 12.1. The summed E-state index contributed by atoms with van der Waals surface area (Å²) < 4.78 is 0. The molecule has 1 aliphatic carbocycles. The zero-order valence-electron chi connectivity index (χ0n) is 12.2. The van der Waals surface area contributed by atoms with E-state index < -0.39 is 0 Å². The Balaban J connectivity index is 1.89. The predicted molar refractivity (Wildman–Crippen MR) is 79.3 cm³/mol. The molecule has 4 heteroatoms. The third-order valence-electron chi connectivity index (χ3n) is 4.88. The average Bonchev–Trinajstić information content (AvgIpc) is 3.09. The number of hydrogen-bond acceptors (Lipinski definition) is 3. The van der Waals surface area contributed by atoms with Gasteiger partial charge in [0.2, 0.25) is 5.91 Å². The molecule has 1 heterocycles. The highest BCUT2D eigenvalue weighted by Gasteiger charge is 2.59. The molecular formula is C16H21N3O. The molecule has 1 aromatic carbocycles. The molecule has 0 unspecified atom stereocenters. The van der Waals surface area contributed by atoms with Crippen LogP contribution < -0.4 is 5.73 Å². The first-order valence-electron chi connectivity index (χ1n) is 7.11. The summed E-state index contributed by atoms with van der Waals surface area (Å²) in [6.07, 6.45) is 0.447. The van der Waals surface area contributed by atoms with E-state index in [-0.39, 0.29) is 11.4 Å². The molecule has 106 valence electrons. The minimum atomic E-state index is -0.367. The van der Waals surface area contributed by atoms with Gasteiger partial charge in [0.1, 0.15) is 0 Å². The highest BCUT2D eigenvalue weighted by Crippen LogP contribution is 2.61. The number of rotatable bonds is 2. The fourth-order valence-electron chi connectivity index (χ4n) is 3.72. The van der Waals surface area contributed by atoms with Gasteiger partial charge in [-0.05, 0) is 30.2 Å². The monoisotopic (exact) mass is 271 g/mol. The molecule has 2 aliphatic rings. The van der Waals surface area contributed by atoms with Gasteiger partial charge in [-0.15, -0.1) is 0 Å². The number of nitrogens with two attached hydrogens (primary N) is 1. The lowest BCUT2D eigenvalue weighted by Gasteiger charge is -2.34. The summed E-state index contributed by atoms with van der Waals surface area (Å²) >= 11 is 0. The zero-order valence-corrected chi connectivity index (χ0v) is 12.2. The lowest BCUT2D eigenvalue weighted by molar-refractivity contribution is -0.128. The predicted octanol–water partition coefficient (Wildman–Crippen LogP) is 1.97. The first-order valence-corrected chi connectivity index (χ1v) is 7.11. The number of aliphatic imine (C=N–C) groups is 1. The van der Waals surface area contributed by atoms with E-state index in [0.717, 1.165) is 0 Å². The summed E-state index contributed by atoms with van der Waals surface area (Å²) in [4.78, 5) is 18.2. The fourth-order valence-corrected chi connectivity index (χ4v) is 3.72. The molecule has 3 rings (SSSR count). The Bertz CT molecular complexity index is 568. The van der Waals surface area contributed by atoms with Crippen LogP contribution in [-0.2, 0) is 4.79 Å². The van der Waals surface area contributed by atoms with Crippen molar-refractivity contribution in [2.45, 2.75) is 31.7 Å². The van der Waals surface area contributed by atoms with E-state index >= 15 is 0 Å². The average molecular weight is 271 g/mol. The van der Waals surface area contributed by atoms with Crippen LogP contribution in [-0.4, -0.2) is 29.4 Å². The van der Waals surface area contributed by atoms with Crippen LogP contribution in [0.4, 0.5) is 0 Å². The molecule has 1 amide bonds. The quantitative estimate of drug-likeness (QED) is 0.894. The highest BCUT2D eigenvalue weighted by atomic mass is 16.2. The van der Waals surface area contributed by atoms with Crippen molar-refractivity contribution in [3.05, 3.63) is 35.9 Å². The number of amides is 1. The van der Waals surface area contributed by atoms with E-state index in [9.17, 15) is 4.79 Å². The maximum Gasteiger partial charge on any atom is 0.231 e. The molecule has 0 radical (unpaired) electrons. The largest absolute Gasteiger partial charge is 0.369 e. The third kappa shape index (κ3) is 1.90. The van der Waals surface area contributed by atoms with Crippen LogP contribution in [0.5, 0.6) is 0 Å². The van der Waals surface area contributed by atoms with Crippen molar-refractivity contribution in [3.8, 4) is 0 Å². The van der Waals surface area contributed by atoms with Gasteiger partial charge < -0.3 is 5.73 Å². The molecule has 2 N–H and O–H groups in total. The van der Waals surface area contributed by atoms with Gasteiger partial charge in [-0.2, -0.15) is 0 Å². The van der Waals surface area contributed by atoms with Crippen LogP contribution in [0.15, 0.2) is 35.3 Å². The molecule has 1 aromatic rings. The van der Waals surface area contributed by atoms with E-state index in [1.807, 2.05) is 6.07 Å². The number of hydrogen-bond donors (Lipinski definition) is 1. The Morgan fingerprint density at radius 1 is 1.35 bits per heavy atom. The van der Waals surface area contributed by atoms with Gasteiger partial charge in [0.05, 0.1) is 12.0 Å². The Hall–Kier alpha value is -1.84. The molecule has 1 saturated carbocycles. The number of guanidine groups is 1. The second kappa shape index (κ2) is 4.33. The highest BCUT2D eigenvalue weighted by molar-refractivity contribution is 5.98. The lowest BCUT2D eigenvalue weighted by atomic mass is 9.87. The minimum absolute atomic E-state index is 0.0610. The fraction of sp³-hybridized carbons (Fsp3) is 0.500. The van der Waals surface area contributed by atoms with Crippen molar-refractivity contribution >= 4 is 11.9 Å². The molecule has 0 spiro atoms. The molecule has 20 heavy (non-hydrogen) atoms. The molecule has 4 nitrogen and oxygen atoms in total. The van der Waals surface area contributed by atoms with Gasteiger partial charge in [0, 0.05) is 7.05 Å². The van der Waals surface area contributed by atoms with Gasteiger partial charge in [-0.1, -0.05) is 37.3 Å². The molecular weight excluding hydrogens is 250 g/mol. The Labute approximate surface area is 119 Å². The summed E-state index contributed by atoms with van der Waals surface area (Å²) in [5.41, 5.74) is 6.87. The van der Waals surface area contributed by atoms with Gasteiger partial charge in [0.25, 0.3) is 0 Å². The Kier molecular flexibility index (Phi) is 2.85. The number of nitrogens with zero attached hydrogens (tertiary/aromatic N) is 2. The van der Waals surface area contributed by atoms with Gasteiger partial charge in [0.15, 0.2) is 5.96 Å². The minimum Gasteiger partial charge on any atom is -0.369 e. The smallest absolute Gasteiger partial charge is 0.231 e. The second-order valence-corrected chi connectivity index (χ2v) is 6.28. The van der Waals surface area contributed by atoms with Gasteiger partial charge >= 0.3 is 0 Å². The summed E-state index contributed by atoms with van der Waals surface area (Å²) in [7, 11) is 1.69. The molecule has 0 bridgehead atoms. The first kappa shape index (κ1) is 13.2. The van der Waals surface area contributed by atoms with Crippen LogP contribution in [0, 0.1) is 11.8 Å². The van der Waals surface area contributed by atoms with E-state index in [0.29, 0.717) is 30.1 Å². The van der Waals surface area contributed by atoms with Crippen LogP contribution >= 0.6 is 0 Å². The Morgan fingerprint density at radius 2 is 2.00 bits per heavy atom. The van der Waals surface area contributed by atoms with Gasteiger partial charge in [-0.25, -0.2) is 4.99 Å². The second-order valence-electron chi connectivity index (χ2n) is 6.28. The van der Waals surface area contributed by atoms with E-state index in [1.165, 1.54) is 10.5 Å². The van der Waals surface area contributed by atoms with E-state index in [1.54, 1.807) is 7.05 Å². The molecule has 0 saturated heterocycles. The SMILES string of the molecule is C[C@H]1[C@H](c2ccccc2)[C@H]1[C@]1(C)CC(=O)N(C)C(N)=N1. The maximum atomic E-state index is 12.1. The van der Waals surface area contributed by atoms with Crippen LogP contribution in [0.1, 0.15) is 31.7 Å². The zero-order chi connectivity index (χ0) is 14.5. The first-order chi connectivity index (χ1) is 9.44. The van der Waals surface area contributed by atoms with E-state index in [4.69, 9.17) is 5.73 Å². The molecule has 0 aromatic heterocycles. The van der Waals surface area contributed by atoms with Crippen molar-refractivity contribution in [1.82, 2.24) is 4.90 Å². The summed E-state index contributed by atoms with van der Waals surface area (Å²) in [5, 5.41) is 0. The van der Waals surface area contributed by atoms with Gasteiger partial charge in [-0.3, -0.25) is 9.69 Å². The third-order valence-corrected chi connectivity index (χ3v) is 4.88. The number of carbonyl (C=O) groups is 1. The standard InChI is InChI=1S/C16H21N3O/c1-10-13(11-7-5-4-6-8-11)14(10)16(2)9-12(20)19(3)15(17)18-16/h4-8,10,13-14H,9H2,1-3H3,(H2,17,18)/t10-,13+,14-,16-/m0/s1. The Morgan fingerprint density at radius 3 is 2.60 bits per heavy atom. The topological polar surface area (TPSA) is 58.7 Å².